The molecule has 0 aromatic carbocycles. The van der Waals surface area contributed by atoms with Gasteiger partial charge in [0.25, 0.3) is 10.0 Å². The first-order valence-electron chi connectivity index (χ1n) is 6.17. The molecule has 19 heavy (non-hydrogen) atoms. The molecule has 2 rings (SSSR count). The number of sulfonamides is 1. The van der Waals surface area contributed by atoms with Crippen LogP contribution in [0.4, 0.5) is 0 Å². The Kier molecular flexibility index (Phi) is 4.59. The molecule has 1 fully saturated rings. The maximum atomic E-state index is 12.3. The van der Waals surface area contributed by atoms with Crippen molar-refractivity contribution < 1.29 is 8.42 Å². The molecule has 0 atom stereocenters. The summed E-state index contributed by atoms with van der Waals surface area (Å²) in [5, 5.41) is 1.76. The quantitative estimate of drug-likeness (QED) is 0.816. The molecule has 1 aromatic heterocycles. The van der Waals surface area contributed by atoms with Gasteiger partial charge in [0.05, 0.1) is 0 Å². The van der Waals surface area contributed by atoms with Crippen molar-refractivity contribution in [2.75, 3.05) is 33.2 Å². The van der Waals surface area contributed by atoms with E-state index < -0.39 is 10.0 Å². The standard InChI is InChI=1S/C11H20N4O2S2/c1-9-7-11(18-10(9)8-12)19(16,17)13-15-5-3-14(2)4-6-15/h7,13H,3-6,8,12H2,1-2H3. The van der Waals surface area contributed by atoms with E-state index in [4.69, 9.17) is 5.73 Å². The van der Waals surface area contributed by atoms with E-state index in [0.29, 0.717) is 23.8 Å². The Labute approximate surface area is 118 Å². The topological polar surface area (TPSA) is 78.7 Å². The first-order chi connectivity index (χ1) is 8.92. The molecule has 0 aliphatic carbocycles. The fraction of sp³-hybridized carbons (Fsp3) is 0.636. The van der Waals surface area contributed by atoms with Crippen LogP contribution >= 0.6 is 11.3 Å². The van der Waals surface area contributed by atoms with Gasteiger partial charge in [0, 0.05) is 37.6 Å². The fourth-order valence-electron chi connectivity index (χ4n) is 1.94. The number of hydrogen-bond acceptors (Lipinski definition) is 6. The van der Waals surface area contributed by atoms with Crippen LogP contribution in [0, 0.1) is 6.92 Å². The van der Waals surface area contributed by atoms with E-state index >= 15 is 0 Å². The van der Waals surface area contributed by atoms with Gasteiger partial charge >= 0.3 is 0 Å². The van der Waals surface area contributed by atoms with Gasteiger partial charge in [-0.15, -0.1) is 16.2 Å². The number of hydrogen-bond donors (Lipinski definition) is 2. The van der Waals surface area contributed by atoms with Crippen molar-refractivity contribution >= 4 is 21.4 Å². The van der Waals surface area contributed by atoms with E-state index in [1.54, 1.807) is 11.1 Å². The molecule has 1 aliphatic rings. The van der Waals surface area contributed by atoms with Crippen LogP contribution in [-0.4, -0.2) is 51.6 Å². The lowest BCUT2D eigenvalue weighted by atomic mass is 10.3. The van der Waals surface area contributed by atoms with Gasteiger partial charge in [-0.05, 0) is 25.6 Å². The van der Waals surface area contributed by atoms with Crippen LogP contribution in [0.25, 0.3) is 0 Å². The van der Waals surface area contributed by atoms with E-state index in [0.717, 1.165) is 23.5 Å². The number of thiophene rings is 1. The number of aryl methyl sites for hydroxylation is 1. The highest BCUT2D eigenvalue weighted by atomic mass is 32.2. The summed E-state index contributed by atoms with van der Waals surface area (Å²) >= 11 is 1.24. The Morgan fingerprint density at radius 1 is 1.37 bits per heavy atom. The number of nitrogens with two attached hydrogens (primary N) is 1. The van der Waals surface area contributed by atoms with Crippen molar-refractivity contribution in [3.05, 3.63) is 16.5 Å². The molecule has 0 radical (unpaired) electrons. The predicted molar refractivity (Wildman–Crippen MR) is 76.3 cm³/mol. The SMILES string of the molecule is Cc1cc(S(=O)(=O)NN2CCN(C)CC2)sc1CN. The number of rotatable bonds is 4. The largest absolute Gasteiger partial charge is 0.326 e. The van der Waals surface area contributed by atoms with E-state index in [9.17, 15) is 8.42 Å². The molecule has 3 N–H and O–H groups in total. The van der Waals surface area contributed by atoms with Crippen molar-refractivity contribution in [1.82, 2.24) is 14.7 Å². The number of piperazine rings is 1. The van der Waals surface area contributed by atoms with Crippen LogP contribution in [0.1, 0.15) is 10.4 Å². The maximum Gasteiger partial charge on any atom is 0.262 e. The van der Waals surface area contributed by atoms with Gasteiger partial charge in [-0.2, -0.15) is 0 Å². The fourth-order valence-corrected chi connectivity index (χ4v) is 4.52. The van der Waals surface area contributed by atoms with Crippen molar-refractivity contribution in [1.29, 1.82) is 0 Å². The van der Waals surface area contributed by atoms with E-state index in [-0.39, 0.29) is 0 Å². The molecule has 1 aromatic rings. The van der Waals surface area contributed by atoms with Crippen LogP contribution in [-0.2, 0) is 16.6 Å². The van der Waals surface area contributed by atoms with Crippen LogP contribution < -0.4 is 10.6 Å². The van der Waals surface area contributed by atoms with Gasteiger partial charge in [-0.25, -0.2) is 13.4 Å². The Balaban J connectivity index is 2.09. The summed E-state index contributed by atoms with van der Waals surface area (Å²) in [6, 6.07) is 1.69. The number of hydrazine groups is 1. The molecular weight excluding hydrogens is 284 g/mol. The minimum Gasteiger partial charge on any atom is -0.326 e. The zero-order valence-electron chi connectivity index (χ0n) is 11.2. The Morgan fingerprint density at radius 3 is 2.53 bits per heavy atom. The smallest absolute Gasteiger partial charge is 0.262 e. The molecule has 0 unspecified atom stereocenters. The normalized spacial score (nSPS) is 18.9. The summed E-state index contributed by atoms with van der Waals surface area (Å²) in [6.45, 7) is 5.38. The molecule has 0 amide bonds. The minimum atomic E-state index is -3.47. The van der Waals surface area contributed by atoms with Gasteiger partial charge in [0.1, 0.15) is 4.21 Å². The summed E-state index contributed by atoms with van der Waals surface area (Å²) in [7, 11) is -1.44. The maximum absolute atomic E-state index is 12.3. The predicted octanol–water partition coefficient (Wildman–Crippen LogP) is -0.0441. The molecule has 6 nitrogen and oxygen atoms in total. The van der Waals surface area contributed by atoms with Crippen molar-refractivity contribution in [3.63, 3.8) is 0 Å². The number of likely N-dealkylation sites (N-methyl/N-ethyl adjacent to an activating group) is 1. The first-order valence-corrected chi connectivity index (χ1v) is 8.47. The summed E-state index contributed by atoms with van der Waals surface area (Å²) in [5.41, 5.74) is 6.52. The average molecular weight is 304 g/mol. The van der Waals surface area contributed by atoms with Crippen molar-refractivity contribution in [2.24, 2.45) is 5.73 Å². The lowest BCUT2D eigenvalue weighted by Crippen LogP contribution is -2.52. The third-order valence-electron chi connectivity index (χ3n) is 3.20. The Hall–Kier alpha value is -0.510. The molecule has 8 heteroatoms. The van der Waals surface area contributed by atoms with Crippen molar-refractivity contribution in [2.45, 2.75) is 17.7 Å². The lowest BCUT2D eigenvalue weighted by Gasteiger charge is -2.31. The second-order valence-electron chi connectivity index (χ2n) is 4.76. The van der Waals surface area contributed by atoms with Crippen LogP contribution in [0.5, 0.6) is 0 Å². The van der Waals surface area contributed by atoms with Crippen molar-refractivity contribution in [3.8, 4) is 0 Å². The van der Waals surface area contributed by atoms with Gasteiger partial charge in [-0.1, -0.05) is 0 Å². The number of nitrogens with zero attached hydrogens (tertiary/aromatic N) is 2. The molecule has 0 saturated carbocycles. The second-order valence-corrected chi connectivity index (χ2v) is 7.79. The summed E-state index contributed by atoms with van der Waals surface area (Å²) in [4.78, 5) is 5.73. The summed E-state index contributed by atoms with van der Waals surface area (Å²) in [5.74, 6) is 0. The summed E-state index contributed by atoms with van der Waals surface area (Å²) < 4.78 is 24.9. The monoisotopic (exact) mass is 304 g/mol. The summed E-state index contributed by atoms with van der Waals surface area (Å²) in [6.07, 6.45) is 0. The van der Waals surface area contributed by atoms with Gasteiger partial charge < -0.3 is 10.6 Å². The van der Waals surface area contributed by atoms with E-state index in [1.807, 2.05) is 14.0 Å². The zero-order valence-corrected chi connectivity index (χ0v) is 12.9. The highest BCUT2D eigenvalue weighted by Gasteiger charge is 2.23. The zero-order chi connectivity index (χ0) is 14.0. The third kappa shape index (κ3) is 3.53. The van der Waals surface area contributed by atoms with Gasteiger partial charge in [0.2, 0.25) is 0 Å². The minimum absolute atomic E-state index is 0.337. The van der Waals surface area contributed by atoms with Gasteiger partial charge in [-0.3, -0.25) is 0 Å². The highest BCUT2D eigenvalue weighted by molar-refractivity contribution is 7.91. The average Bonchev–Trinajstić information content (AvgIpc) is 2.74. The van der Waals surface area contributed by atoms with Crippen LogP contribution in [0.3, 0.4) is 0 Å². The molecule has 0 spiro atoms. The van der Waals surface area contributed by atoms with Crippen LogP contribution in [0.2, 0.25) is 0 Å². The Morgan fingerprint density at radius 2 is 2.00 bits per heavy atom. The molecular formula is C11H20N4O2S2. The van der Waals surface area contributed by atoms with E-state index in [1.165, 1.54) is 11.3 Å². The van der Waals surface area contributed by atoms with E-state index in [2.05, 4.69) is 9.73 Å². The molecule has 1 aliphatic heterocycles. The third-order valence-corrected chi connectivity index (χ3v) is 6.31. The highest BCUT2D eigenvalue weighted by Crippen LogP contribution is 2.25. The molecule has 1 saturated heterocycles. The second kappa shape index (κ2) is 5.86. The lowest BCUT2D eigenvalue weighted by molar-refractivity contribution is 0.135. The molecule has 108 valence electrons. The first kappa shape index (κ1) is 14.9. The Bertz CT molecular complexity index is 533. The van der Waals surface area contributed by atoms with Gasteiger partial charge in [0.15, 0.2) is 0 Å². The molecule has 2 heterocycles. The number of nitrogens with one attached hydrogen (secondary N) is 1. The van der Waals surface area contributed by atoms with Crippen LogP contribution in [0.15, 0.2) is 10.3 Å². The molecule has 0 bridgehead atoms.